The van der Waals surface area contributed by atoms with Gasteiger partial charge in [0.15, 0.2) is 0 Å². The number of carbonyl (C=O) groups is 7. The first-order valence-electron chi connectivity index (χ1n) is 19.9. The monoisotopic (exact) mass is 800 g/mol. The number of β-amino-alcohol motifs (C(OH)–C–C–N with tert-alkyl or cyclic N) is 1. The minimum absolute atomic E-state index is 0.0984. The molecule has 56 heavy (non-hydrogen) atoms. The number of thiophene rings is 1. The molecule has 5 rings (SSSR count). The van der Waals surface area contributed by atoms with Crippen LogP contribution in [-0.2, 0) is 33.5 Å². The molecule has 310 valence electrons. The van der Waals surface area contributed by atoms with E-state index >= 15 is 0 Å². The standard InChI is InChI=1S/C40H60N6O9S/c1-38(2,3)55-37(53)44-29(24-12-9-8-10-13-24)36(52)46-22-40(54)21-39(4,5)19-25(40)31(46)33(49)42-26(18-23-15-16-23)32(48)34(50)41-20-28(47)43-30(35(51)45(6)7)27-14-11-17-56-27/h11,14,17,23-26,29-31,54H,8-10,12-13,15-16,18-22H2,1-7H3,(H,41,50)(H,42,49)(H,43,47)(H,44,53)/t25-,26+,29+,30+,31+,40?/m1/s1. The maximum atomic E-state index is 14.7. The molecule has 0 aromatic carbocycles. The topological polar surface area (TPSA) is 204 Å². The van der Waals surface area contributed by atoms with Crippen LogP contribution in [0.2, 0.25) is 0 Å². The summed E-state index contributed by atoms with van der Waals surface area (Å²) in [6, 6.07) is -0.926. The van der Waals surface area contributed by atoms with E-state index in [4.69, 9.17) is 4.74 Å². The number of carbonyl (C=O) groups excluding carboxylic acids is 7. The van der Waals surface area contributed by atoms with Gasteiger partial charge < -0.3 is 40.9 Å². The summed E-state index contributed by atoms with van der Waals surface area (Å²) in [6.45, 7) is 8.48. The number of amides is 6. The van der Waals surface area contributed by atoms with Crippen LogP contribution in [0.15, 0.2) is 17.5 Å². The van der Waals surface area contributed by atoms with Gasteiger partial charge in [0.05, 0.1) is 24.7 Å². The van der Waals surface area contributed by atoms with Crippen LogP contribution < -0.4 is 21.3 Å². The Kier molecular flexibility index (Phi) is 13.2. The van der Waals surface area contributed by atoms with Crippen molar-refractivity contribution in [1.29, 1.82) is 0 Å². The van der Waals surface area contributed by atoms with Gasteiger partial charge in [-0.2, -0.15) is 0 Å². The summed E-state index contributed by atoms with van der Waals surface area (Å²) in [4.78, 5) is 98.3. The highest BCUT2D eigenvalue weighted by Gasteiger charge is 2.63. The fourth-order valence-corrected chi connectivity index (χ4v) is 9.54. The molecule has 4 aliphatic rings. The molecule has 1 unspecified atom stereocenters. The molecule has 6 amide bonds. The van der Waals surface area contributed by atoms with Crippen molar-refractivity contribution in [1.82, 2.24) is 31.1 Å². The highest BCUT2D eigenvalue weighted by atomic mass is 32.1. The Morgan fingerprint density at radius 2 is 1.68 bits per heavy atom. The van der Waals surface area contributed by atoms with E-state index in [1.807, 2.05) is 13.8 Å². The Morgan fingerprint density at radius 1 is 1.00 bits per heavy atom. The van der Waals surface area contributed by atoms with E-state index in [9.17, 15) is 38.7 Å². The molecule has 3 saturated carbocycles. The van der Waals surface area contributed by atoms with E-state index in [1.165, 1.54) is 21.1 Å². The average molecular weight is 801 g/mol. The lowest BCUT2D eigenvalue weighted by Gasteiger charge is -2.36. The Labute approximate surface area is 333 Å². The van der Waals surface area contributed by atoms with Gasteiger partial charge in [-0.1, -0.05) is 52.0 Å². The maximum Gasteiger partial charge on any atom is 0.408 e. The zero-order valence-electron chi connectivity index (χ0n) is 33.8. The molecular formula is C40H60N6O9S. The fraction of sp³-hybridized carbons (Fsp3) is 0.725. The quantitative estimate of drug-likeness (QED) is 0.175. The van der Waals surface area contributed by atoms with Crippen LogP contribution >= 0.6 is 11.3 Å². The molecule has 1 aromatic rings. The number of alkyl carbamates (subject to hydrolysis) is 1. The predicted octanol–water partition coefficient (Wildman–Crippen LogP) is 2.82. The second kappa shape index (κ2) is 17.2. The first-order chi connectivity index (χ1) is 26.2. The molecule has 0 spiro atoms. The number of ether oxygens (including phenoxy) is 1. The number of likely N-dealkylation sites (tertiary alicyclic amines) is 1. The molecule has 16 heteroatoms. The van der Waals surface area contributed by atoms with Gasteiger partial charge in [-0.25, -0.2) is 4.79 Å². The largest absolute Gasteiger partial charge is 0.444 e. The number of fused-ring (bicyclic) bond motifs is 1. The zero-order valence-corrected chi connectivity index (χ0v) is 34.6. The Balaban J connectivity index is 1.33. The minimum Gasteiger partial charge on any atom is -0.444 e. The SMILES string of the molecule is CN(C)C(=O)[C@@H](NC(=O)CNC(=O)C(=O)[C@H](CC1CC1)NC(=O)[C@@H]1[C@H]2CC(C)(C)CC2(O)CN1C(=O)[C@@H](NC(=O)OC(C)(C)C)C1CCCCC1)c1cccs1. The van der Waals surface area contributed by atoms with E-state index in [1.54, 1.807) is 52.4 Å². The van der Waals surface area contributed by atoms with E-state index in [0.717, 1.165) is 32.1 Å². The van der Waals surface area contributed by atoms with Crippen molar-refractivity contribution in [3.63, 3.8) is 0 Å². The van der Waals surface area contributed by atoms with E-state index in [0.29, 0.717) is 30.6 Å². The third-order valence-corrected chi connectivity index (χ3v) is 12.3. The molecule has 5 N–H and O–H groups in total. The first kappa shape index (κ1) is 43.1. The predicted molar refractivity (Wildman–Crippen MR) is 208 cm³/mol. The van der Waals surface area contributed by atoms with Gasteiger partial charge >= 0.3 is 6.09 Å². The molecule has 0 bridgehead atoms. The number of ketones is 1. The summed E-state index contributed by atoms with van der Waals surface area (Å²) < 4.78 is 5.54. The van der Waals surface area contributed by atoms with Crippen molar-refractivity contribution >= 4 is 52.7 Å². The van der Waals surface area contributed by atoms with Crippen LogP contribution in [0.1, 0.15) is 110 Å². The molecular weight excluding hydrogens is 741 g/mol. The van der Waals surface area contributed by atoms with E-state index in [2.05, 4.69) is 21.3 Å². The lowest BCUT2D eigenvalue weighted by Crippen LogP contribution is -2.59. The molecule has 15 nitrogen and oxygen atoms in total. The van der Waals surface area contributed by atoms with Crippen molar-refractivity contribution in [3.8, 4) is 0 Å². The Morgan fingerprint density at radius 3 is 2.27 bits per heavy atom. The average Bonchev–Trinajstić information content (AvgIpc) is 3.57. The van der Waals surface area contributed by atoms with Gasteiger partial charge in [-0.3, -0.25) is 28.8 Å². The number of hydrogen-bond acceptors (Lipinski definition) is 10. The molecule has 0 radical (unpaired) electrons. The van der Waals surface area contributed by atoms with Gasteiger partial charge in [0.1, 0.15) is 23.7 Å². The van der Waals surface area contributed by atoms with Crippen LogP contribution in [0.5, 0.6) is 0 Å². The van der Waals surface area contributed by atoms with Crippen LogP contribution in [0.4, 0.5) is 4.79 Å². The molecule has 2 heterocycles. The van der Waals surface area contributed by atoms with Crippen molar-refractivity contribution in [2.75, 3.05) is 27.2 Å². The van der Waals surface area contributed by atoms with Gasteiger partial charge in [0.2, 0.25) is 29.4 Å². The van der Waals surface area contributed by atoms with Crippen LogP contribution in [0.3, 0.4) is 0 Å². The number of nitrogens with zero attached hydrogens (tertiary/aromatic N) is 2. The molecule has 1 aromatic heterocycles. The van der Waals surface area contributed by atoms with Crippen molar-refractivity contribution in [2.45, 2.75) is 134 Å². The molecule has 1 saturated heterocycles. The first-order valence-corrected chi connectivity index (χ1v) is 20.7. The van der Waals surface area contributed by atoms with Gasteiger partial charge in [0, 0.05) is 24.9 Å². The summed E-state index contributed by atoms with van der Waals surface area (Å²) in [6.07, 6.45) is 6.02. The number of hydrogen-bond donors (Lipinski definition) is 5. The number of rotatable bonds is 14. The van der Waals surface area contributed by atoms with Gasteiger partial charge in [-0.15, -0.1) is 11.3 Å². The van der Waals surface area contributed by atoms with Crippen molar-refractivity contribution in [2.24, 2.45) is 23.2 Å². The number of Topliss-reactive ketones (excluding diaryl/α,β-unsaturated/α-hetero) is 1. The van der Waals surface area contributed by atoms with Gasteiger partial charge in [0.25, 0.3) is 5.91 Å². The highest BCUT2D eigenvalue weighted by molar-refractivity contribution is 7.10. The Hall–Kier alpha value is -4.05. The van der Waals surface area contributed by atoms with Crippen molar-refractivity contribution < 1.29 is 43.4 Å². The molecule has 3 aliphatic carbocycles. The summed E-state index contributed by atoms with van der Waals surface area (Å²) in [7, 11) is 3.13. The number of likely N-dealkylation sites (N-methyl/N-ethyl adjacent to an activating group) is 1. The molecule has 4 fully saturated rings. The second-order valence-electron chi connectivity index (χ2n) is 18.2. The van der Waals surface area contributed by atoms with Crippen LogP contribution in [-0.4, -0.2) is 113 Å². The second-order valence-corrected chi connectivity index (χ2v) is 19.2. The van der Waals surface area contributed by atoms with Crippen LogP contribution in [0.25, 0.3) is 0 Å². The molecule has 6 atom stereocenters. The van der Waals surface area contributed by atoms with E-state index in [-0.39, 0.29) is 36.1 Å². The fourth-order valence-electron chi connectivity index (χ4n) is 8.77. The third-order valence-electron chi connectivity index (χ3n) is 11.4. The Bertz CT molecular complexity index is 1650. The summed E-state index contributed by atoms with van der Waals surface area (Å²) >= 11 is 1.29. The van der Waals surface area contributed by atoms with Crippen molar-refractivity contribution in [3.05, 3.63) is 22.4 Å². The number of aliphatic hydroxyl groups is 1. The third kappa shape index (κ3) is 10.7. The van der Waals surface area contributed by atoms with Gasteiger partial charge in [-0.05, 0) is 81.6 Å². The zero-order chi connectivity index (χ0) is 41.2. The lowest BCUT2D eigenvalue weighted by atomic mass is 9.83. The highest BCUT2D eigenvalue weighted by Crippen LogP contribution is 2.54. The number of nitrogens with one attached hydrogen (secondary N) is 4. The molecule has 1 aliphatic heterocycles. The minimum atomic E-state index is -1.39. The summed E-state index contributed by atoms with van der Waals surface area (Å²) in [5, 5.41) is 24.4. The van der Waals surface area contributed by atoms with Crippen LogP contribution in [0, 0.1) is 23.2 Å². The summed E-state index contributed by atoms with van der Waals surface area (Å²) in [5.41, 5.74) is -2.54. The lowest BCUT2D eigenvalue weighted by molar-refractivity contribution is -0.144. The van der Waals surface area contributed by atoms with E-state index < -0.39 is 83.3 Å². The maximum absolute atomic E-state index is 14.7. The normalized spacial score (nSPS) is 24.9. The smallest absolute Gasteiger partial charge is 0.408 e. The summed E-state index contributed by atoms with van der Waals surface area (Å²) in [5.74, 6) is -4.99.